The molecule has 0 spiro atoms. The van der Waals surface area contributed by atoms with Crippen LogP contribution in [0, 0.1) is 12.7 Å². The Morgan fingerprint density at radius 2 is 1.75 bits per heavy atom. The molecule has 0 aliphatic carbocycles. The Morgan fingerprint density at radius 1 is 1.08 bits per heavy atom. The zero-order chi connectivity index (χ0) is 17.2. The molecule has 1 heterocycles. The monoisotopic (exact) mass is 350 g/mol. The van der Waals surface area contributed by atoms with Crippen molar-refractivity contribution in [3.8, 4) is 0 Å². The molecule has 1 saturated heterocycles. The molecular weight excluding hydrogens is 331 g/mol. The Bertz CT molecular complexity index is 816. The maximum Gasteiger partial charge on any atom is 0.261 e. The summed E-state index contributed by atoms with van der Waals surface area (Å²) >= 11 is 0. The highest BCUT2D eigenvalue weighted by atomic mass is 32.2. The van der Waals surface area contributed by atoms with Crippen molar-refractivity contribution in [3.05, 3.63) is 53.8 Å². The standard InChI is InChI=1S/C17H19FN2O3S/c1-13-12-16(6-7-17(13)18)24(21,22)19-14-2-4-15(5-3-14)20-8-10-23-11-9-20/h2-7,12,19H,8-11H2,1H3. The number of rotatable bonds is 4. The first-order chi connectivity index (χ1) is 11.5. The Labute approximate surface area is 141 Å². The third kappa shape index (κ3) is 3.68. The van der Waals surface area contributed by atoms with Crippen molar-refractivity contribution in [3.63, 3.8) is 0 Å². The second-order valence-corrected chi connectivity index (χ2v) is 7.35. The average molecular weight is 350 g/mol. The van der Waals surface area contributed by atoms with E-state index in [-0.39, 0.29) is 4.90 Å². The highest BCUT2D eigenvalue weighted by Gasteiger charge is 2.16. The van der Waals surface area contributed by atoms with E-state index in [1.807, 2.05) is 12.1 Å². The molecule has 128 valence electrons. The number of nitrogens with zero attached hydrogens (tertiary/aromatic N) is 1. The van der Waals surface area contributed by atoms with Crippen molar-refractivity contribution in [1.82, 2.24) is 0 Å². The lowest BCUT2D eigenvalue weighted by molar-refractivity contribution is 0.122. The number of ether oxygens (including phenoxy) is 1. The van der Waals surface area contributed by atoms with Gasteiger partial charge in [-0.1, -0.05) is 0 Å². The van der Waals surface area contributed by atoms with E-state index in [9.17, 15) is 12.8 Å². The van der Waals surface area contributed by atoms with Gasteiger partial charge in [0.05, 0.1) is 18.1 Å². The van der Waals surface area contributed by atoms with Crippen LogP contribution in [-0.2, 0) is 14.8 Å². The zero-order valence-electron chi connectivity index (χ0n) is 13.3. The first-order valence-electron chi connectivity index (χ1n) is 7.67. The van der Waals surface area contributed by atoms with Crippen molar-refractivity contribution in [1.29, 1.82) is 0 Å². The van der Waals surface area contributed by atoms with E-state index in [1.54, 1.807) is 12.1 Å². The molecule has 7 heteroatoms. The van der Waals surface area contributed by atoms with Gasteiger partial charge in [0, 0.05) is 24.5 Å². The number of aryl methyl sites for hydroxylation is 1. The molecule has 24 heavy (non-hydrogen) atoms. The van der Waals surface area contributed by atoms with Gasteiger partial charge in [0.25, 0.3) is 10.0 Å². The number of morpholine rings is 1. The highest BCUT2D eigenvalue weighted by molar-refractivity contribution is 7.92. The molecule has 2 aromatic carbocycles. The van der Waals surface area contributed by atoms with Crippen LogP contribution in [0.4, 0.5) is 15.8 Å². The lowest BCUT2D eigenvalue weighted by Crippen LogP contribution is -2.36. The Kier molecular flexibility index (Phi) is 4.73. The topological polar surface area (TPSA) is 58.6 Å². The largest absolute Gasteiger partial charge is 0.378 e. The van der Waals surface area contributed by atoms with Gasteiger partial charge >= 0.3 is 0 Å². The van der Waals surface area contributed by atoms with Gasteiger partial charge in [0.15, 0.2) is 0 Å². The molecule has 0 unspecified atom stereocenters. The highest BCUT2D eigenvalue weighted by Crippen LogP contribution is 2.22. The third-order valence-electron chi connectivity index (χ3n) is 3.94. The number of nitrogens with one attached hydrogen (secondary N) is 1. The molecule has 0 radical (unpaired) electrons. The second-order valence-electron chi connectivity index (χ2n) is 5.66. The average Bonchev–Trinajstić information content (AvgIpc) is 2.58. The van der Waals surface area contributed by atoms with Gasteiger partial charge in [-0.25, -0.2) is 12.8 Å². The number of halogens is 1. The van der Waals surface area contributed by atoms with E-state index in [0.717, 1.165) is 24.8 Å². The normalized spacial score (nSPS) is 15.3. The second kappa shape index (κ2) is 6.78. The molecule has 5 nitrogen and oxygen atoms in total. The van der Waals surface area contributed by atoms with Gasteiger partial charge in [-0.3, -0.25) is 4.72 Å². The lowest BCUT2D eigenvalue weighted by Gasteiger charge is -2.28. The van der Waals surface area contributed by atoms with E-state index in [0.29, 0.717) is 24.5 Å². The first-order valence-corrected chi connectivity index (χ1v) is 9.16. The molecule has 0 bridgehead atoms. The van der Waals surface area contributed by atoms with Crippen molar-refractivity contribution in [2.24, 2.45) is 0 Å². The molecule has 0 aromatic heterocycles. The van der Waals surface area contributed by atoms with Gasteiger partial charge in [0.2, 0.25) is 0 Å². The molecule has 0 amide bonds. The molecule has 0 atom stereocenters. The van der Waals surface area contributed by atoms with Crippen molar-refractivity contribution >= 4 is 21.4 Å². The summed E-state index contributed by atoms with van der Waals surface area (Å²) < 4.78 is 45.9. The molecule has 2 aromatic rings. The summed E-state index contributed by atoms with van der Waals surface area (Å²) in [7, 11) is -3.74. The fourth-order valence-corrected chi connectivity index (χ4v) is 3.70. The van der Waals surface area contributed by atoms with E-state index in [2.05, 4.69) is 9.62 Å². The minimum atomic E-state index is -3.74. The Balaban J connectivity index is 1.76. The fraction of sp³-hybridized carbons (Fsp3) is 0.294. The zero-order valence-corrected chi connectivity index (χ0v) is 14.1. The van der Waals surface area contributed by atoms with E-state index >= 15 is 0 Å². The number of benzene rings is 2. The third-order valence-corrected chi connectivity index (χ3v) is 5.31. The summed E-state index contributed by atoms with van der Waals surface area (Å²) in [6.45, 7) is 4.56. The van der Waals surface area contributed by atoms with Gasteiger partial charge in [0.1, 0.15) is 5.82 Å². The summed E-state index contributed by atoms with van der Waals surface area (Å²) in [6.07, 6.45) is 0. The minimum Gasteiger partial charge on any atom is -0.378 e. The SMILES string of the molecule is Cc1cc(S(=O)(=O)Nc2ccc(N3CCOCC3)cc2)ccc1F. The van der Waals surface area contributed by atoms with Gasteiger partial charge in [-0.05, 0) is 55.0 Å². The summed E-state index contributed by atoms with van der Waals surface area (Å²) in [5.41, 5.74) is 1.79. The van der Waals surface area contributed by atoms with Crippen LogP contribution in [-0.4, -0.2) is 34.7 Å². The van der Waals surface area contributed by atoms with Crippen LogP contribution in [0.5, 0.6) is 0 Å². The Hall–Kier alpha value is -2.12. The van der Waals surface area contributed by atoms with Crippen LogP contribution in [0.3, 0.4) is 0 Å². The number of hydrogen-bond donors (Lipinski definition) is 1. The summed E-state index contributed by atoms with van der Waals surface area (Å²) in [5.74, 6) is -0.427. The maximum absolute atomic E-state index is 13.3. The van der Waals surface area contributed by atoms with Crippen molar-refractivity contribution in [2.75, 3.05) is 35.9 Å². The summed E-state index contributed by atoms with van der Waals surface area (Å²) in [6, 6.07) is 10.9. The van der Waals surface area contributed by atoms with Crippen molar-refractivity contribution < 1.29 is 17.5 Å². The van der Waals surface area contributed by atoms with Crippen LogP contribution in [0.15, 0.2) is 47.4 Å². The number of anilines is 2. The molecule has 1 aliphatic heterocycles. The van der Waals surface area contributed by atoms with Gasteiger partial charge < -0.3 is 9.64 Å². The van der Waals surface area contributed by atoms with E-state index < -0.39 is 15.8 Å². The fourth-order valence-electron chi connectivity index (χ4n) is 2.56. The predicted octanol–water partition coefficient (Wildman–Crippen LogP) is 2.77. The minimum absolute atomic E-state index is 0.0404. The van der Waals surface area contributed by atoms with Crippen molar-refractivity contribution in [2.45, 2.75) is 11.8 Å². The van der Waals surface area contributed by atoms with Gasteiger partial charge in [-0.15, -0.1) is 0 Å². The number of sulfonamides is 1. The predicted molar refractivity (Wildman–Crippen MR) is 91.4 cm³/mol. The van der Waals surface area contributed by atoms with E-state index in [1.165, 1.54) is 19.1 Å². The summed E-state index contributed by atoms with van der Waals surface area (Å²) in [5, 5.41) is 0. The quantitative estimate of drug-likeness (QED) is 0.921. The molecule has 1 aliphatic rings. The van der Waals surface area contributed by atoms with Crippen LogP contribution in [0.2, 0.25) is 0 Å². The summed E-state index contributed by atoms with van der Waals surface area (Å²) in [4.78, 5) is 2.23. The molecular formula is C17H19FN2O3S. The van der Waals surface area contributed by atoms with Crippen LogP contribution >= 0.6 is 0 Å². The first kappa shape index (κ1) is 16.7. The number of hydrogen-bond acceptors (Lipinski definition) is 4. The van der Waals surface area contributed by atoms with Crippen LogP contribution in [0.1, 0.15) is 5.56 Å². The van der Waals surface area contributed by atoms with Crippen LogP contribution < -0.4 is 9.62 Å². The van der Waals surface area contributed by atoms with E-state index in [4.69, 9.17) is 4.74 Å². The molecule has 3 rings (SSSR count). The molecule has 1 N–H and O–H groups in total. The maximum atomic E-state index is 13.3. The lowest BCUT2D eigenvalue weighted by atomic mass is 10.2. The molecule has 1 fully saturated rings. The smallest absolute Gasteiger partial charge is 0.261 e. The molecule has 0 saturated carbocycles. The Morgan fingerprint density at radius 3 is 2.38 bits per heavy atom. The van der Waals surface area contributed by atoms with Crippen LogP contribution in [0.25, 0.3) is 0 Å². The van der Waals surface area contributed by atoms with Gasteiger partial charge in [-0.2, -0.15) is 0 Å².